The summed E-state index contributed by atoms with van der Waals surface area (Å²) in [5.74, 6) is -0.405. The molecule has 0 spiro atoms. The lowest BCUT2D eigenvalue weighted by Crippen LogP contribution is -2.50. The molecule has 0 amide bonds. The van der Waals surface area contributed by atoms with Crippen LogP contribution in [0.25, 0.3) is 0 Å². The van der Waals surface area contributed by atoms with Crippen LogP contribution in [-0.2, 0) is 9.47 Å². The van der Waals surface area contributed by atoms with E-state index in [2.05, 4.69) is 11.8 Å². The number of nitrogens with zero attached hydrogens (tertiary/aromatic N) is 2. The summed E-state index contributed by atoms with van der Waals surface area (Å²) >= 11 is 0. The molecule has 25 heavy (non-hydrogen) atoms. The molecule has 2 fully saturated rings. The minimum atomic E-state index is -0.483. The molecular weight excluding hydrogens is 324 g/mol. The molecule has 7 nitrogen and oxygen atoms in total. The van der Waals surface area contributed by atoms with Gasteiger partial charge in [-0.15, -0.1) is 0 Å². The van der Waals surface area contributed by atoms with Crippen LogP contribution in [0.1, 0.15) is 43.0 Å². The van der Waals surface area contributed by atoms with Crippen molar-refractivity contribution in [3.63, 3.8) is 0 Å². The van der Waals surface area contributed by atoms with Gasteiger partial charge in [0, 0.05) is 30.8 Å². The lowest BCUT2D eigenvalue weighted by molar-refractivity contribution is -0.384. The van der Waals surface area contributed by atoms with Gasteiger partial charge in [-0.1, -0.05) is 0 Å². The van der Waals surface area contributed by atoms with Crippen LogP contribution in [0.4, 0.5) is 5.69 Å². The topological polar surface area (TPSA) is 81.9 Å². The molecule has 1 heterocycles. The lowest BCUT2D eigenvalue weighted by atomic mass is 9.90. The first-order valence-corrected chi connectivity index (χ1v) is 8.83. The summed E-state index contributed by atoms with van der Waals surface area (Å²) in [5.41, 5.74) is 0.325. The number of nitro benzene ring substituents is 1. The predicted octanol–water partition coefficient (Wildman–Crippen LogP) is 2.78. The zero-order chi connectivity index (χ0) is 17.8. The molecule has 0 bridgehead atoms. The number of carbonyl (C=O) groups excluding carboxylic acids is 1. The number of ether oxygens (including phenoxy) is 2. The highest BCUT2D eigenvalue weighted by Gasteiger charge is 2.31. The molecule has 0 N–H and O–H groups in total. The van der Waals surface area contributed by atoms with Gasteiger partial charge in [0.15, 0.2) is 0 Å². The van der Waals surface area contributed by atoms with E-state index in [0.717, 1.165) is 45.4 Å². The minimum Gasteiger partial charge on any atom is -0.459 e. The second-order valence-electron chi connectivity index (χ2n) is 6.80. The van der Waals surface area contributed by atoms with Crippen molar-refractivity contribution in [3.05, 3.63) is 39.9 Å². The number of esters is 1. The van der Waals surface area contributed by atoms with Gasteiger partial charge in [-0.05, 0) is 44.7 Å². The Kier molecular flexibility index (Phi) is 5.65. The summed E-state index contributed by atoms with van der Waals surface area (Å²) < 4.78 is 11.1. The summed E-state index contributed by atoms with van der Waals surface area (Å²) in [6.45, 7) is 4.74. The van der Waals surface area contributed by atoms with Crippen molar-refractivity contribution in [2.75, 3.05) is 19.8 Å². The zero-order valence-electron chi connectivity index (χ0n) is 14.4. The Balaban J connectivity index is 1.49. The smallest absolute Gasteiger partial charge is 0.338 e. The van der Waals surface area contributed by atoms with Crippen LogP contribution in [0, 0.1) is 10.1 Å². The molecular formula is C18H24N2O5. The van der Waals surface area contributed by atoms with E-state index in [0.29, 0.717) is 17.6 Å². The van der Waals surface area contributed by atoms with E-state index >= 15 is 0 Å². The third kappa shape index (κ3) is 4.35. The number of rotatable bonds is 4. The van der Waals surface area contributed by atoms with E-state index < -0.39 is 10.9 Å². The molecule has 1 aliphatic heterocycles. The van der Waals surface area contributed by atoms with Gasteiger partial charge >= 0.3 is 5.97 Å². The summed E-state index contributed by atoms with van der Waals surface area (Å²) in [7, 11) is 0. The molecule has 3 rings (SSSR count). The van der Waals surface area contributed by atoms with Crippen molar-refractivity contribution in [3.8, 4) is 0 Å². The van der Waals surface area contributed by atoms with Crippen LogP contribution in [0.3, 0.4) is 0 Å². The monoisotopic (exact) mass is 348 g/mol. The maximum atomic E-state index is 12.2. The number of non-ortho nitro benzene ring substituents is 1. The Bertz CT molecular complexity index is 610. The summed E-state index contributed by atoms with van der Waals surface area (Å²) in [6, 6.07) is 6.52. The summed E-state index contributed by atoms with van der Waals surface area (Å²) in [5, 5.41) is 10.7. The first-order chi connectivity index (χ1) is 12.0. The fourth-order valence-corrected chi connectivity index (χ4v) is 3.72. The quantitative estimate of drug-likeness (QED) is 0.473. The SMILES string of the molecule is C[C@@H]1COCCN1[C@H]1CC[C@H](OC(=O)c2ccc([N+](=O)[O-])cc2)CC1. The molecule has 7 heteroatoms. The van der Waals surface area contributed by atoms with Crippen LogP contribution in [0.15, 0.2) is 24.3 Å². The highest BCUT2D eigenvalue weighted by Crippen LogP contribution is 2.28. The minimum absolute atomic E-state index is 0.0308. The molecule has 1 saturated heterocycles. The van der Waals surface area contributed by atoms with E-state index in [1.54, 1.807) is 0 Å². The Hall–Kier alpha value is -1.99. The Morgan fingerprint density at radius 3 is 2.52 bits per heavy atom. The van der Waals surface area contributed by atoms with Gasteiger partial charge in [-0.25, -0.2) is 4.79 Å². The van der Waals surface area contributed by atoms with Gasteiger partial charge in [0.25, 0.3) is 5.69 Å². The van der Waals surface area contributed by atoms with E-state index in [9.17, 15) is 14.9 Å². The molecule has 1 atom stereocenters. The molecule has 1 aromatic rings. The molecule has 1 saturated carbocycles. The number of nitro groups is 1. The molecule has 1 aromatic carbocycles. The number of hydrogen-bond donors (Lipinski definition) is 0. The standard InChI is InChI=1S/C18H24N2O5/c1-13-12-24-11-10-19(13)15-6-8-17(9-7-15)25-18(21)14-2-4-16(5-3-14)20(22)23/h2-5,13,15,17H,6-12H2,1H3/t13-,15-,17-/m1/s1. The van der Waals surface area contributed by atoms with Gasteiger partial charge in [0.05, 0.1) is 23.7 Å². The van der Waals surface area contributed by atoms with Gasteiger partial charge in [0.2, 0.25) is 0 Å². The predicted molar refractivity (Wildman–Crippen MR) is 91.5 cm³/mol. The van der Waals surface area contributed by atoms with Crippen LogP contribution >= 0.6 is 0 Å². The van der Waals surface area contributed by atoms with Crippen LogP contribution in [0.2, 0.25) is 0 Å². The Morgan fingerprint density at radius 1 is 1.24 bits per heavy atom. The molecule has 0 unspecified atom stereocenters. The highest BCUT2D eigenvalue weighted by atomic mass is 16.6. The van der Waals surface area contributed by atoms with E-state index in [4.69, 9.17) is 9.47 Å². The molecule has 2 aliphatic rings. The first-order valence-electron chi connectivity index (χ1n) is 8.83. The number of carbonyl (C=O) groups is 1. The summed E-state index contributed by atoms with van der Waals surface area (Å²) in [6.07, 6.45) is 3.67. The number of hydrogen-bond acceptors (Lipinski definition) is 6. The normalized spacial score (nSPS) is 27.6. The largest absolute Gasteiger partial charge is 0.459 e. The van der Waals surface area contributed by atoms with E-state index in [-0.39, 0.29) is 11.8 Å². The Labute approximate surface area is 147 Å². The van der Waals surface area contributed by atoms with Crippen LogP contribution in [0.5, 0.6) is 0 Å². The van der Waals surface area contributed by atoms with Crippen molar-refractivity contribution >= 4 is 11.7 Å². The van der Waals surface area contributed by atoms with Crippen molar-refractivity contribution in [1.82, 2.24) is 4.90 Å². The average molecular weight is 348 g/mol. The van der Waals surface area contributed by atoms with Gasteiger partial charge in [-0.2, -0.15) is 0 Å². The second kappa shape index (κ2) is 7.93. The number of benzene rings is 1. The maximum absolute atomic E-state index is 12.2. The van der Waals surface area contributed by atoms with Gasteiger partial charge in [0.1, 0.15) is 6.10 Å². The van der Waals surface area contributed by atoms with Crippen LogP contribution < -0.4 is 0 Å². The number of morpholine rings is 1. The highest BCUT2D eigenvalue weighted by molar-refractivity contribution is 5.89. The van der Waals surface area contributed by atoms with E-state index in [1.807, 2.05) is 0 Å². The van der Waals surface area contributed by atoms with Crippen molar-refractivity contribution in [1.29, 1.82) is 0 Å². The third-order valence-electron chi connectivity index (χ3n) is 5.12. The van der Waals surface area contributed by atoms with Crippen molar-refractivity contribution in [2.24, 2.45) is 0 Å². The lowest BCUT2D eigenvalue weighted by Gasteiger charge is -2.42. The van der Waals surface area contributed by atoms with Crippen molar-refractivity contribution in [2.45, 2.75) is 50.8 Å². The Morgan fingerprint density at radius 2 is 1.92 bits per heavy atom. The molecule has 136 valence electrons. The zero-order valence-corrected chi connectivity index (χ0v) is 14.4. The second-order valence-corrected chi connectivity index (χ2v) is 6.80. The van der Waals surface area contributed by atoms with E-state index in [1.165, 1.54) is 24.3 Å². The summed E-state index contributed by atoms with van der Waals surface area (Å²) in [4.78, 5) is 24.9. The fourth-order valence-electron chi connectivity index (χ4n) is 3.72. The van der Waals surface area contributed by atoms with Gasteiger partial charge in [-0.3, -0.25) is 15.0 Å². The van der Waals surface area contributed by atoms with Gasteiger partial charge < -0.3 is 9.47 Å². The van der Waals surface area contributed by atoms with Crippen LogP contribution in [-0.4, -0.2) is 53.7 Å². The molecule has 1 aliphatic carbocycles. The maximum Gasteiger partial charge on any atom is 0.338 e. The molecule has 0 aromatic heterocycles. The van der Waals surface area contributed by atoms with Crippen molar-refractivity contribution < 1.29 is 19.2 Å². The fraction of sp³-hybridized carbons (Fsp3) is 0.611. The average Bonchev–Trinajstić information content (AvgIpc) is 2.63. The third-order valence-corrected chi connectivity index (χ3v) is 5.12. The first kappa shape index (κ1) is 17.8. The molecule has 0 radical (unpaired) electrons.